The van der Waals surface area contributed by atoms with Crippen molar-refractivity contribution < 1.29 is 57.0 Å². The summed E-state index contributed by atoms with van der Waals surface area (Å²) in [5.74, 6) is -0.539. The molecule has 0 heterocycles. The van der Waals surface area contributed by atoms with Crippen LogP contribution < -0.4 is 16.8 Å². The molecule has 0 saturated carbocycles. The maximum atomic E-state index is 12.3. The van der Waals surface area contributed by atoms with Crippen molar-refractivity contribution in [3.05, 3.63) is 170 Å². The van der Waals surface area contributed by atoms with E-state index in [1.165, 1.54) is 30.3 Å². The van der Waals surface area contributed by atoms with Crippen molar-refractivity contribution in [2.75, 3.05) is 11.1 Å². The Balaban J connectivity index is 0.000000297. The monoisotopic (exact) mass is 1030 g/mol. The molecule has 0 bridgehead atoms. The Morgan fingerprint density at radius 3 is 1.49 bits per heavy atom. The second kappa shape index (κ2) is 21.5. The third kappa shape index (κ3) is 13.6. The van der Waals surface area contributed by atoms with Crippen LogP contribution in [0.1, 0.15) is 0 Å². The Morgan fingerprint density at radius 1 is 0.457 bits per heavy atom. The van der Waals surface area contributed by atoms with Gasteiger partial charge in [-0.2, -0.15) is 38.8 Å². The highest BCUT2D eigenvalue weighted by molar-refractivity contribution is 7.86. The van der Waals surface area contributed by atoms with E-state index in [1.54, 1.807) is 0 Å². The van der Waals surface area contributed by atoms with Crippen LogP contribution in [0.15, 0.2) is 215 Å². The summed E-state index contributed by atoms with van der Waals surface area (Å²) >= 11 is 0. The van der Waals surface area contributed by atoms with Gasteiger partial charge in [0.15, 0.2) is 11.7 Å². The number of benzene rings is 8. The van der Waals surface area contributed by atoms with Crippen LogP contribution in [0, 0.1) is 0 Å². The predicted molar refractivity (Wildman–Crippen MR) is 262 cm³/mol. The molecule has 360 valence electrons. The van der Waals surface area contributed by atoms with Crippen molar-refractivity contribution in [1.82, 2.24) is 0 Å². The van der Waals surface area contributed by atoms with Gasteiger partial charge >= 0.3 is 0 Å². The van der Waals surface area contributed by atoms with E-state index in [0.29, 0.717) is 5.96 Å². The molecule has 0 aromatic heterocycles. The first-order chi connectivity index (χ1) is 33.0. The Labute approximate surface area is 400 Å². The van der Waals surface area contributed by atoms with E-state index in [1.807, 2.05) is 97.1 Å². The lowest BCUT2D eigenvalue weighted by Gasteiger charge is -2.11. The van der Waals surface area contributed by atoms with Crippen molar-refractivity contribution in [3.63, 3.8) is 0 Å². The molecule has 0 fully saturated rings. The molecule has 10 N–H and O–H groups in total. The molecule has 8 aromatic carbocycles. The molecule has 0 aliphatic carbocycles. The number of fused-ring (bicyclic) bond motifs is 2. The number of hydrogen-bond acceptors (Lipinski definition) is 15. The lowest BCUT2D eigenvalue weighted by molar-refractivity contribution is 0.472. The van der Waals surface area contributed by atoms with Crippen LogP contribution in [0.5, 0.6) is 5.75 Å². The number of guanidine groups is 1. The standard InChI is InChI=1S/C26H19N5O13S4.C13H13N3.C6H6/c27-20-12-18-13(9-23(20)47(39,40)41)10-24(48(42,43)44)25(26(18)32)31-30-22-8-7-21(17-6-5-16(11-19(17)22)46(36,37)38)29-28-14-1-3-15(4-2-14)45(33,34)35;14-13(15-11-7-3-1-4-8-11)16-12-9-5-2-6-10-12;1-2-4-6-5-3-1/h1-12,32H,27H2,(H,33,34,35)(H,36,37,38)(H,39,40,41)(H,42,43,44);1-10H,(H3,14,15,16);1-6H. The Morgan fingerprint density at radius 2 is 0.943 bits per heavy atom. The molecule has 25 heteroatoms. The van der Waals surface area contributed by atoms with Crippen LogP contribution in [0.2, 0.25) is 0 Å². The molecule has 0 aliphatic rings. The normalized spacial score (nSPS) is 12.3. The largest absolute Gasteiger partial charge is 0.505 e. The average molecular weight is 1030 g/mol. The first-order valence-electron chi connectivity index (χ1n) is 19.7. The highest BCUT2D eigenvalue weighted by Gasteiger charge is 2.25. The molecule has 0 radical (unpaired) electrons. The minimum absolute atomic E-state index is 0.0391. The number of aromatic hydroxyl groups is 1. The van der Waals surface area contributed by atoms with E-state index in [0.717, 1.165) is 53.8 Å². The fourth-order valence-corrected chi connectivity index (χ4v) is 8.44. The Kier molecular flexibility index (Phi) is 15.8. The number of nitrogens with zero attached hydrogens (tertiary/aromatic N) is 5. The van der Waals surface area contributed by atoms with Gasteiger partial charge in [-0.15, -0.1) is 15.3 Å². The summed E-state index contributed by atoms with van der Waals surface area (Å²) in [5, 5.41) is 29.3. The molecular weight excluding hydrogens is 989 g/mol. The van der Waals surface area contributed by atoms with Gasteiger partial charge in [-0.1, -0.05) is 78.9 Å². The van der Waals surface area contributed by atoms with E-state index in [4.69, 9.17) is 16.0 Å². The zero-order valence-corrected chi connectivity index (χ0v) is 39.0. The van der Waals surface area contributed by atoms with Crippen LogP contribution in [-0.2, 0) is 40.5 Å². The van der Waals surface area contributed by atoms with E-state index in [9.17, 15) is 52.4 Å². The Hall–Kier alpha value is -8.01. The molecule has 0 aliphatic heterocycles. The number of phenols is 1. The van der Waals surface area contributed by atoms with Gasteiger partial charge in [0.2, 0.25) is 0 Å². The van der Waals surface area contributed by atoms with Crippen LogP contribution in [0.3, 0.4) is 0 Å². The molecule has 8 aromatic rings. The molecule has 8 rings (SSSR count). The number of hydrogen-bond donors (Lipinski definition) is 8. The molecule has 0 saturated heterocycles. The zero-order chi connectivity index (χ0) is 50.9. The van der Waals surface area contributed by atoms with Crippen molar-refractivity contribution in [2.24, 2.45) is 31.2 Å². The third-order valence-electron chi connectivity index (χ3n) is 9.36. The molecule has 0 unspecified atom stereocenters. The van der Waals surface area contributed by atoms with Crippen molar-refractivity contribution in [2.45, 2.75) is 19.6 Å². The fourth-order valence-electron chi connectivity index (χ4n) is 6.16. The summed E-state index contributed by atoms with van der Waals surface area (Å²) in [5.41, 5.74) is 12.0. The van der Waals surface area contributed by atoms with Gasteiger partial charge in [-0.05, 0) is 96.4 Å². The summed E-state index contributed by atoms with van der Waals surface area (Å²) in [6, 6.07) is 44.2. The zero-order valence-electron chi connectivity index (χ0n) is 35.7. The maximum Gasteiger partial charge on any atom is 0.296 e. The minimum Gasteiger partial charge on any atom is -0.505 e. The second-order valence-electron chi connectivity index (χ2n) is 14.3. The number of aliphatic imine (C=N–C) groups is 1. The third-order valence-corrected chi connectivity index (χ3v) is 12.9. The van der Waals surface area contributed by atoms with Gasteiger partial charge in [-0.3, -0.25) is 18.2 Å². The quantitative estimate of drug-likeness (QED) is 0.0208. The number of nitrogen functional groups attached to an aromatic ring is 1. The predicted octanol–water partition coefficient (Wildman–Crippen LogP) is 9.53. The summed E-state index contributed by atoms with van der Waals surface area (Å²) in [4.78, 5) is 1.43. The van der Waals surface area contributed by atoms with Crippen LogP contribution in [0.25, 0.3) is 21.5 Å². The van der Waals surface area contributed by atoms with E-state index < -0.39 is 72.3 Å². The second-order valence-corrected chi connectivity index (χ2v) is 19.9. The van der Waals surface area contributed by atoms with Crippen molar-refractivity contribution >= 4 is 108 Å². The van der Waals surface area contributed by atoms with Crippen LogP contribution in [0.4, 0.5) is 39.8 Å². The van der Waals surface area contributed by atoms with Crippen molar-refractivity contribution in [1.29, 1.82) is 0 Å². The first-order valence-corrected chi connectivity index (χ1v) is 25.5. The molecule has 0 atom stereocenters. The summed E-state index contributed by atoms with van der Waals surface area (Å²) in [6.07, 6.45) is 0. The molecular formula is C45H38N8O13S4. The summed E-state index contributed by atoms with van der Waals surface area (Å²) < 4.78 is 132. The van der Waals surface area contributed by atoms with E-state index >= 15 is 0 Å². The number of anilines is 2. The van der Waals surface area contributed by atoms with E-state index in [-0.39, 0.29) is 43.5 Å². The highest BCUT2D eigenvalue weighted by atomic mass is 32.2. The van der Waals surface area contributed by atoms with Crippen LogP contribution >= 0.6 is 0 Å². The summed E-state index contributed by atoms with van der Waals surface area (Å²) in [7, 11) is -19.3. The topological polar surface area (TPSA) is 364 Å². The van der Waals surface area contributed by atoms with Gasteiger partial charge in [0.05, 0.1) is 38.2 Å². The first kappa shape index (κ1) is 51.4. The number of para-hydroxylation sites is 2. The smallest absolute Gasteiger partial charge is 0.296 e. The number of rotatable bonds is 10. The minimum atomic E-state index is -5.17. The average Bonchev–Trinajstić information content (AvgIpc) is 3.31. The summed E-state index contributed by atoms with van der Waals surface area (Å²) in [6.45, 7) is 0. The molecule has 0 amide bonds. The number of phenolic OH excluding ortho intramolecular Hbond substituents is 1. The highest BCUT2D eigenvalue weighted by Crippen LogP contribution is 2.44. The van der Waals surface area contributed by atoms with Crippen LogP contribution in [-0.4, -0.2) is 62.9 Å². The molecule has 21 nitrogen and oxygen atoms in total. The van der Waals surface area contributed by atoms with Gasteiger partial charge in [0.25, 0.3) is 40.5 Å². The molecule has 0 spiro atoms. The van der Waals surface area contributed by atoms with Gasteiger partial charge < -0.3 is 21.9 Å². The lowest BCUT2D eigenvalue weighted by Crippen LogP contribution is -2.21. The van der Waals surface area contributed by atoms with Gasteiger partial charge in [0, 0.05) is 21.8 Å². The maximum absolute atomic E-state index is 12.3. The number of nitrogens with one attached hydrogen (secondary N) is 1. The SMILES string of the molecule is NC(=Nc1ccccc1)Nc1ccccc1.Nc1cc2c(O)c(N=Nc3ccc(N=Nc4ccc(S(=O)(=O)O)cc4)c4ccc(S(=O)(=O)O)cc34)c(S(=O)(=O)O)cc2cc1S(=O)(=O)O.c1ccccc1. The van der Waals surface area contributed by atoms with Gasteiger partial charge in [0.1, 0.15) is 15.5 Å². The van der Waals surface area contributed by atoms with Gasteiger partial charge in [-0.25, -0.2) is 4.99 Å². The molecule has 70 heavy (non-hydrogen) atoms. The van der Waals surface area contributed by atoms with Crippen molar-refractivity contribution in [3.8, 4) is 5.75 Å². The van der Waals surface area contributed by atoms with E-state index in [2.05, 4.69) is 30.8 Å². The number of nitrogens with two attached hydrogens (primary N) is 2. The lowest BCUT2D eigenvalue weighted by atomic mass is 10.1. The fraction of sp³-hybridized carbons (Fsp3) is 0. The number of azo groups is 2. The Bertz CT molecular complexity index is 3730.